The highest BCUT2D eigenvalue weighted by Crippen LogP contribution is 2.30. The van der Waals surface area contributed by atoms with Crippen LogP contribution >= 0.6 is 11.6 Å². The minimum atomic E-state index is -3.88. The fourth-order valence-electron chi connectivity index (χ4n) is 2.10. The molecular formula is C16H17ClN2O3S. The second-order valence-corrected chi connectivity index (χ2v) is 7.15. The number of amides is 1. The molecule has 2 aromatic rings. The molecule has 0 saturated carbocycles. The van der Waals surface area contributed by atoms with E-state index in [-0.39, 0.29) is 11.4 Å². The number of benzene rings is 2. The van der Waals surface area contributed by atoms with Crippen molar-refractivity contribution in [2.75, 3.05) is 17.9 Å². The summed E-state index contributed by atoms with van der Waals surface area (Å²) >= 11 is 6.10. The maximum atomic E-state index is 13.0. The van der Waals surface area contributed by atoms with Crippen LogP contribution in [0.4, 0.5) is 5.69 Å². The average molecular weight is 353 g/mol. The van der Waals surface area contributed by atoms with Gasteiger partial charge in [-0.05, 0) is 36.8 Å². The molecule has 0 radical (unpaired) electrons. The monoisotopic (exact) mass is 352 g/mol. The first-order chi connectivity index (χ1) is 10.9. The minimum absolute atomic E-state index is 0.114. The predicted octanol–water partition coefficient (Wildman–Crippen LogP) is 2.59. The molecule has 0 spiro atoms. The third-order valence-corrected chi connectivity index (χ3v) is 5.59. The zero-order valence-electron chi connectivity index (χ0n) is 12.8. The molecule has 0 atom stereocenters. The number of carbonyl (C=O) groups excluding carboxylic acids is 1. The van der Waals surface area contributed by atoms with E-state index in [1.807, 2.05) is 0 Å². The van der Waals surface area contributed by atoms with Crippen LogP contribution in [0.15, 0.2) is 53.4 Å². The first-order valence-electron chi connectivity index (χ1n) is 6.91. The summed E-state index contributed by atoms with van der Waals surface area (Å²) in [5.41, 5.74) is 0.975. The van der Waals surface area contributed by atoms with Gasteiger partial charge in [0.15, 0.2) is 0 Å². The Bertz CT molecular complexity index is 807. The fourth-order valence-corrected chi connectivity index (χ4v) is 3.76. The Kier molecular flexibility index (Phi) is 5.28. The SMILES string of the molecule is CNC(=O)CN(c1cccc(Cl)c1C)S(=O)(=O)c1ccccc1. The van der Waals surface area contributed by atoms with Crippen LogP contribution in [0.25, 0.3) is 0 Å². The number of anilines is 1. The fraction of sp³-hybridized carbons (Fsp3) is 0.188. The van der Waals surface area contributed by atoms with Gasteiger partial charge in [0, 0.05) is 12.1 Å². The lowest BCUT2D eigenvalue weighted by Crippen LogP contribution is -2.40. The van der Waals surface area contributed by atoms with Crippen molar-refractivity contribution in [3.8, 4) is 0 Å². The molecule has 2 aromatic carbocycles. The van der Waals surface area contributed by atoms with Gasteiger partial charge in [-0.2, -0.15) is 0 Å². The summed E-state index contributed by atoms with van der Waals surface area (Å²) in [6.07, 6.45) is 0. The van der Waals surface area contributed by atoms with E-state index in [1.165, 1.54) is 19.2 Å². The van der Waals surface area contributed by atoms with Crippen molar-refractivity contribution in [2.24, 2.45) is 0 Å². The Labute approximate surface area is 140 Å². The molecule has 2 rings (SSSR count). The maximum Gasteiger partial charge on any atom is 0.264 e. The highest BCUT2D eigenvalue weighted by atomic mass is 35.5. The van der Waals surface area contributed by atoms with E-state index in [2.05, 4.69) is 5.32 Å². The molecule has 0 aliphatic rings. The van der Waals surface area contributed by atoms with Gasteiger partial charge >= 0.3 is 0 Å². The maximum absolute atomic E-state index is 13.0. The summed E-state index contributed by atoms with van der Waals surface area (Å²) < 4.78 is 27.0. The van der Waals surface area contributed by atoms with Gasteiger partial charge in [-0.25, -0.2) is 8.42 Å². The highest BCUT2D eigenvalue weighted by Gasteiger charge is 2.28. The summed E-state index contributed by atoms with van der Waals surface area (Å²) in [7, 11) is -2.43. The molecule has 122 valence electrons. The third kappa shape index (κ3) is 3.65. The van der Waals surface area contributed by atoms with E-state index < -0.39 is 15.9 Å². The lowest BCUT2D eigenvalue weighted by Gasteiger charge is -2.25. The van der Waals surface area contributed by atoms with Crippen LogP contribution in [0, 0.1) is 6.92 Å². The van der Waals surface area contributed by atoms with Gasteiger partial charge in [-0.1, -0.05) is 35.9 Å². The Balaban J connectivity index is 2.59. The number of likely N-dealkylation sites (N-methyl/N-ethyl adjacent to an activating group) is 1. The van der Waals surface area contributed by atoms with E-state index >= 15 is 0 Å². The molecule has 7 heteroatoms. The summed E-state index contributed by atoms with van der Waals surface area (Å²) in [4.78, 5) is 11.9. The van der Waals surface area contributed by atoms with Crippen molar-refractivity contribution in [2.45, 2.75) is 11.8 Å². The predicted molar refractivity (Wildman–Crippen MR) is 91.2 cm³/mol. The van der Waals surface area contributed by atoms with Crippen LogP contribution in [0.2, 0.25) is 5.02 Å². The van der Waals surface area contributed by atoms with E-state index in [4.69, 9.17) is 11.6 Å². The smallest absolute Gasteiger partial charge is 0.264 e. The van der Waals surface area contributed by atoms with Gasteiger partial charge in [0.1, 0.15) is 6.54 Å². The number of hydrogen-bond donors (Lipinski definition) is 1. The summed E-state index contributed by atoms with van der Waals surface area (Å²) in [6.45, 7) is 1.39. The van der Waals surface area contributed by atoms with E-state index in [9.17, 15) is 13.2 Å². The molecule has 0 unspecified atom stereocenters. The molecule has 23 heavy (non-hydrogen) atoms. The molecule has 0 fully saturated rings. The van der Waals surface area contributed by atoms with Crippen LogP contribution in [-0.4, -0.2) is 27.9 Å². The Morgan fingerprint density at radius 2 is 1.78 bits per heavy atom. The van der Waals surface area contributed by atoms with Crippen LogP contribution < -0.4 is 9.62 Å². The summed E-state index contributed by atoms with van der Waals surface area (Å²) in [6, 6.07) is 12.9. The molecular weight excluding hydrogens is 336 g/mol. The molecule has 0 aliphatic carbocycles. The number of nitrogens with one attached hydrogen (secondary N) is 1. The summed E-state index contributed by atoms with van der Waals surface area (Å²) in [5, 5.41) is 2.88. The van der Waals surface area contributed by atoms with E-state index in [0.717, 1.165) is 4.31 Å². The van der Waals surface area contributed by atoms with E-state index in [1.54, 1.807) is 43.3 Å². The van der Waals surface area contributed by atoms with Gasteiger partial charge in [0.25, 0.3) is 10.0 Å². The van der Waals surface area contributed by atoms with Crippen molar-refractivity contribution in [3.63, 3.8) is 0 Å². The van der Waals surface area contributed by atoms with Crippen LogP contribution in [0.3, 0.4) is 0 Å². The minimum Gasteiger partial charge on any atom is -0.358 e. The highest BCUT2D eigenvalue weighted by molar-refractivity contribution is 7.92. The normalized spacial score (nSPS) is 11.1. The lowest BCUT2D eigenvalue weighted by molar-refractivity contribution is -0.119. The number of rotatable bonds is 5. The van der Waals surface area contributed by atoms with Gasteiger partial charge < -0.3 is 5.32 Å². The molecule has 0 aromatic heterocycles. The van der Waals surface area contributed by atoms with Crippen molar-refractivity contribution in [1.82, 2.24) is 5.32 Å². The second kappa shape index (κ2) is 7.02. The Hall–Kier alpha value is -2.05. The largest absolute Gasteiger partial charge is 0.358 e. The molecule has 0 saturated heterocycles. The second-order valence-electron chi connectivity index (χ2n) is 4.88. The van der Waals surface area contributed by atoms with Crippen LogP contribution in [0.5, 0.6) is 0 Å². The number of sulfonamides is 1. The zero-order chi connectivity index (χ0) is 17.0. The van der Waals surface area contributed by atoms with Gasteiger partial charge in [-0.15, -0.1) is 0 Å². The van der Waals surface area contributed by atoms with Crippen molar-refractivity contribution >= 4 is 33.2 Å². The van der Waals surface area contributed by atoms with Gasteiger partial charge in [0.2, 0.25) is 5.91 Å². The van der Waals surface area contributed by atoms with Crippen LogP contribution in [0.1, 0.15) is 5.56 Å². The first kappa shape index (κ1) is 17.3. The quantitative estimate of drug-likeness (QED) is 0.899. The molecule has 1 N–H and O–H groups in total. The first-order valence-corrected chi connectivity index (χ1v) is 8.73. The van der Waals surface area contributed by atoms with Crippen LogP contribution in [-0.2, 0) is 14.8 Å². The third-order valence-electron chi connectivity index (χ3n) is 3.41. The number of carbonyl (C=O) groups is 1. The van der Waals surface area contributed by atoms with Crippen molar-refractivity contribution < 1.29 is 13.2 Å². The number of nitrogens with zero attached hydrogens (tertiary/aromatic N) is 1. The number of halogens is 1. The van der Waals surface area contributed by atoms with Gasteiger partial charge in [-0.3, -0.25) is 9.10 Å². The standard InChI is InChI=1S/C16H17ClN2O3S/c1-12-14(17)9-6-10-15(12)19(11-16(20)18-2)23(21,22)13-7-4-3-5-8-13/h3-10H,11H2,1-2H3,(H,18,20). The molecule has 1 amide bonds. The van der Waals surface area contributed by atoms with Crippen molar-refractivity contribution in [1.29, 1.82) is 0 Å². The van der Waals surface area contributed by atoms with E-state index in [0.29, 0.717) is 16.3 Å². The lowest BCUT2D eigenvalue weighted by atomic mass is 10.2. The molecule has 5 nitrogen and oxygen atoms in total. The zero-order valence-corrected chi connectivity index (χ0v) is 14.4. The summed E-state index contributed by atoms with van der Waals surface area (Å²) in [5.74, 6) is -0.413. The van der Waals surface area contributed by atoms with Gasteiger partial charge in [0.05, 0.1) is 10.6 Å². The van der Waals surface area contributed by atoms with Crippen molar-refractivity contribution in [3.05, 3.63) is 59.1 Å². The average Bonchev–Trinajstić information content (AvgIpc) is 2.56. The number of hydrogen-bond acceptors (Lipinski definition) is 3. The molecule has 0 aliphatic heterocycles. The molecule has 0 bridgehead atoms. The topological polar surface area (TPSA) is 66.5 Å². The Morgan fingerprint density at radius 1 is 1.13 bits per heavy atom. The molecule has 0 heterocycles. The Morgan fingerprint density at radius 3 is 2.39 bits per heavy atom.